The van der Waals surface area contributed by atoms with Crippen molar-refractivity contribution in [2.75, 3.05) is 19.7 Å². The highest BCUT2D eigenvalue weighted by molar-refractivity contribution is 7.89. The highest BCUT2D eigenvalue weighted by Gasteiger charge is 2.22. The molecule has 0 aliphatic carbocycles. The molecule has 8 heteroatoms. The van der Waals surface area contributed by atoms with Crippen LogP contribution in [0.25, 0.3) is 0 Å². The van der Waals surface area contributed by atoms with Gasteiger partial charge in [0.1, 0.15) is 6.54 Å². The van der Waals surface area contributed by atoms with Crippen molar-refractivity contribution in [2.24, 2.45) is 0 Å². The van der Waals surface area contributed by atoms with Gasteiger partial charge in [-0.2, -0.15) is 4.72 Å². The summed E-state index contributed by atoms with van der Waals surface area (Å²) in [4.78, 5) is 25.9. The maximum Gasteiger partial charge on any atom is 0.321 e. The van der Waals surface area contributed by atoms with Crippen LogP contribution in [0.2, 0.25) is 0 Å². The average Bonchev–Trinajstić information content (AvgIpc) is 2.72. The molecule has 3 rings (SSSR count). The smallest absolute Gasteiger partial charge is 0.321 e. The quantitative estimate of drug-likeness (QED) is 0.724. The van der Waals surface area contributed by atoms with Gasteiger partial charge in [-0.1, -0.05) is 30.3 Å². The molecule has 0 atom stereocenters. The van der Waals surface area contributed by atoms with Crippen molar-refractivity contribution >= 4 is 21.9 Å². The zero-order valence-corrected chi connectivity index (χ0v) is 17.3. The van der Waals surface area contributed by atoms with Crippen molar-refractivity contribution in [3.63, 3.8) is 0 Å². The molecule has 0 fully saturated rings. The number of sulfonamides is 1. The highest BCUT2D eigenvalue weighted by Crippen LogP contribution is 2.18. The number of nitrogens with zero attached hydrogens (tertiary/aromatic N) is 1. The van der Waals surface area contributed by atoms with Gasteiger partial charge >= 0.3 is 5.97 Å². The second kappa shape index (κ2) is 8.75. The number of hydrogen-bond donors (Lipinski definition) is 1. The molecule has 0 unspecified atom stereocenters. The Hall–Kier alpha value is -2.71. The summed E-state index contributed by atoms with van der Waals surface area (Å²) in [5.74, 6) is -1.10. The molecule has 0 bridgehead atoms. The molecule has 1 heterocycles. The molecular formula is C21H24N2O5S. The van der Waals surface area contributed by atoms with Crippen molar-refractivity contribution in [3.05, 3.63) is 64.7 Å². The first-order valence-electron chi connectivity index (χ1n) is 9.33. The van der Waals surface area contributed by atoms with Gasteiger partial charge in [-0.15, -0.1) is 0 Å². The van der Waals surface area contributed by atoms with Crippen LogP contribution in [0, 0.1) is 13.8 Å². The molecular weight excluding hydrogens is 392 g/mol. The number of fused-ring (bicyclic) bond motifs is 1. The number of rotatable bonds is 6. The number of hydrogen-bond acceptors (Lipinski definition) is 5. The zero-order valence-electron chi connectivity index (χ0n) is 16.5. The lowest BCUT2D eigenvalue weighted by Crippen LogP contribution is -2.39. The van der Waals surface area contributed by atoms with Crippen LogP contribution in [0.15, 0.2) is 47.4 Å². The second-order valence-corrected chi connectivity index (χ2v) is 8.83. The topological polar surface area (TPSA) is 92.8 Å². The van der Waals surface area contributed by atoms with E-state index < -0.39 is 29.1 Å². The summed E-state index contributed by atoms with van der Waals surface area (Å²) >= 11 is 0. The number of benzene rings is 2. The summed E-state index contributed by atoms with van der Waals surface area (Å²) in [5.41, 5.74) is 4.11. The second-order valence-electron chi connectivity index (χ2n) is 7.07. The zero-order chi connectivity index (χ0) is 21.0. The molecule has 0 spiro atoms. The summed E-state index contributed by atoms with van der Waals surface area (Å²) in [6.45, 7) is 3.79. The third-order valence-corrected chi connectivity index (χ3v) is 6.43. The van der Waals surface area contributed by atoms with Crippen LogP contribution >= 0.6 is 0 Å². The lowest BCUT2D eigenvalue weighted by molar-refractivity contribution is -0.151. The van der Waals surface area contributed by atoms with Gasteiger partial charge in [0.2, 0.25) is 10.0 Å². The van der Waals surface area contributed by atoms with E-state index in [4.69, 9.17) is 4.74 Å². The summed E-state index contributed by atoms with van der Waals surface area (Å²) in [6.07, 6.45) is 0.756. The molecule has 0 saturated heterocycles. The molecule has 2 aromatic rings. The van der Waals surface area contributed by atoms with E-state index in [1.54, 1.807) is 17.0 Å². The van der Waals surface area contributed by atoms with E-state index in [9.17, 15) is 18.0 Å². The van der Waals surface area contributed by atoms with Gasteiger partial charge in [0.05, 0.1) is 4.90 Å². The van der Waals surface area contributed by atoms with Crippen molar-refractivity contribution in [1.82, 2.24) is 9.62 Å². The van der Waals surface area contributed by atoms with Crippen LogP contribution in [0.5, 0.6) is 0 Å². The molecule has 1 N–H and O–H groups in total. The maximum absolute atomic E-state index is 12.3. The Bertz CT molecular complexity index is 1030. The predicted octanol–water partition coefficient (Wildman–Crippen LogP) is 1.71. The van der Waals surface area contributed by atoms with E-state index >= 15 is 0 Å². The van der Waals surface area contributed by atoms with Gasteiger partial charge in [-0.25, -0.2) is 8.42 Å². The summed E-state index contributed by atoms with van der Waals surface area (Å²) in [6, 6.07) is 12.6. The van der Waals surface area contributed by atoms with Crippen LogP contribution in [-0.2, 0) is 37.3 Å². The molecule has 0 aromatic heterocycles. The molecule has 0 radical (unpaired) electrons. The fourth-order valence-corrected chi connectivity index (χ4v) is 4.17. The van der Waals surface area contributed by atoms with Crippen molar-refractivity contribution in [3.8, 4) is 0 Å². The normalized spacial score (nSPS) is 13.7. The Balaban J connectivity index is 1.48. The van der Waals surface area contributed by atoms with Crippen molar-refractivity contribution in [1.29, 1.82) is 0 Å². The summed E-state index contributed by atoms with van der Waals surface area (Å²) in [5, 5.41) is 0. The number of aryl methyl sites for hydroxylation is 2. The largest absolute Gasteiger partial charge is 0.455 e. The molecule has 7 nitrogen and oxygen atoms in total. The van der Waals surface area contributed by atoms with Gasteiger partial charge in [-0.3, -0.25) is 9.59 Å². The van der Waals surface area contributed by atoms with E-state index in [1.807, 2.05) is 38.1 Å². The van der Waals surface area contributed by atoms with E-state index in [0.717, 1.165) is 23.1 Å². The average molecular weight is 416 g/mol. The van der Waals surface area contributed by atoms with Gasteiger partial charge in [0, 0.05) is 13.1 Å². The molecule has 154 valence electrons. The number of carbonyl (C=O) groups excluding carboxylic acids is 2. The van der Waals surface area contributed by atoms with Gasteiger partial charge < -0.3 is 9.64 Å². The van der Waals surface area contributed by atoms with Crippen LogP contribution in [0.4, 0.5) is 0 Å². The first-order chi connectivity index (χ1) is 13.8. The number of amides is 1. The lowest BCUT2D eigenvalue weighted by atomic mass is 10.00. The Kier molecular flexibility index (Phi) is 6.34. The molecule has 2 aromatic carbocycles. The fraction of sp³-hybridized carbons (Fsp3) is 0.333. The van der Waals surface area contributed by atoms with Gasteiger partial charge in [-0.05, 0) is 54.7 Å². The number of ether oxygens (including phenoxy) is 1. The molecule has 29 heavy (non-hydrogen) atoms. The van der Waals surface area contributed by atoms with Crippen LogP contribution in [-0.4, -0.2) is 44.9 Å². The van der Waals surface area contributed by atoms with Crippen LogP contribution in [0.3, 0.4) is 0 Å². The monoisotopic (exact) mass is 416 g/mol. The van der Waals surface area contributed by atoms with Gasteiger partial charge in [0.15, 0.2) is 6.61 Å². The van der Waals surface area contributed by atoms with E-state index in [-0.39, 0.29) is 10.8 Å². The first-order valence-corrected chi connectivity index (χ1v) is 10.8. The third-order valence-electron chi connectivity index (χ3n) is 5.04. The Morgan fingerprint density at radius 3 is 2.52 bits per heavy atom. The first kappa shape index (κ1) is 21.0. The van der Waals surface area contributed by atoms with Crippen LogP contribution < -0.4 is 4.72 Å². The van der Waals surface area contributed by atoms with Gasteiger partial charge in [0.25, 0.3) is 5.91 Å². The van der Waals surface area contributed by atoms with E-state index in [1.165, 1.54) is 11.6 Å². The Morgan fingerprint density at radius 2 is 1.79 bits per heavy atom. The summed E-state index contributed by atoms with van der Waals surface area (Å²) < 4.78 is 31.8. The van der Waals surface area contributed by atoms with E-state index in [2.05, 4.69) is 4.72 Å². The summed E-state index contributed by atoms with van der Waals surface area (Å²) in [7, 11) is -3.83. The lowest BCUT2D eigenvalue weighted by Gasteiger charge is -2.28. The fourth-order valence-electron chi connectivity index (χ4n) is 3.11. The number of carbonyl (C=O) groups is 2. The SMILES string of the molecule is Cc1ccc(S(=O)(=O)NCC(=O)OCC(=O)N2CCc3ccccc3C2)cc1C. The number of nitrogens with one attached hydrogen (secondary N) is 1. The molecule has 0 saturated carbocycles. The minimum atomic E-state index is -3.83. The van der Waals surface area contributed by atoms with Crippen molar-refractivity contribution in [2.45, 2.75) is 31.7 Å². The molecule has 1 aliphatic rings. The molecule has 1 aliphatic heterocycles. The maximum atomic E-state index is 12.3. The Labute approximate surface area is 170 Å². The predicted molar refractivity (Wildman–Crippen MR) is 108 cm³/mol. The Morgan fingerprint density at radius 1 is 1.07 bits per heavy atom. The van der Waals surface area contributed by atoms with E-state index in [0.29, 0.717) is 13.1 Å². The highest BCUT2D eigenvalue weighted by atomic mass is 32.2. The third kappa shape index (κ3) is 5.21. The standard InChI is InChI=1S/C21H24N2O5S/c1-15-7-8-19(11-16(15)2)29(26,27)22-12-21(25)28-14-20(24)23-10-9-17-5-3-4-6-18(17)13-23/h3-8,11,22H,9-10,12-14H2,1-2H3. The number of esters is 1. The minimum Gasteiger partial charge on any atom is -0.455 e. The molecule has 1 amide bonds. The van der Waals surface area contributed by atoms with Crippen molar-refractivity contribution < 1.29 is 22.7 Å². The minimum absolute atomic E-state index is 0.0801. The van der Waals surface area contributed by atoms with Crippen LogP contribution in [0.1, 0.15) is 22.3 Å².